The number of nitrogens with zero attached hydrogens (tertiary/aromatic N) is 3. The summed E-state index contributed by atoms with van der Waals surface area (Å²) in [5, 5.41) is 9.79. The lowest BCUT2D eigenvalue weighted by Crippen LogP contribution is -2.15. The van der Waals surface area contributed by atoms with Crippen molar-refractivity contribution >= 4 is 17.1 Å². The number of imidazole rings is 1. The first kappa shape index (κ1) is 18.2. The largest absolute Gasteiger partial charge is 0.508 e. The first-order valence-electron chi connectivity index (χ1n) is 8.57. The fraction of sp³-hybridized carbons (Fsp3) is 0.100. The molecule has 0 atom stereocenters. The van der Waals surface area contributed by atoms with Gasteiger partial charge in [0.2, 0.25) is 0 Å². The van der Waals surface area contributed by atoms with Gasteiger partial charge in [0, 0.05) is 5.56 Å². The average molecular weight is 392 g/mol. The lowest BCUT2D eigenvalue weighted by molar-refractivity contribution is 0.0596. The summed E-state index contributed by atoms with van der Waals surface area (Å²) in [7, 11) is 2.71. The van der Waals surface area contributed by atoms with Gasteiger partial charge in [0.1, 0.15) is 17.0 Å². The van der Waals surface area contributed by atoms with Gasteiger partial charge in [0.05, 0.1) is 19.9 Å². The van der Waals surface area contributed by atoms with E-state index >= 15 is 0 Å². The number of hydrogen-bond donors (Lipinski definition) is 2. The summed E-state index contributed by atoms with van der Waals surface area (Å²) < 4.78 is 11.5. The number of methoxy groups -OCH3 is 2. The second-order valence-electron chi connectivity index (χ2n) is 6.07. The molecule has 0 bridgehead atoms. The van der Waals surface area contributed by atoms with Gasteiger partial charge in [-0.2, -0.15) is 0 Å². The van der Waals surface area contributed by atoms with Crippen LogP contribution in [0.15, 0.2) is 53.3 Å². The number of phenols is 1. The number of para-hydroxylation sites is 2. The fourth-order valence-corrected chi connectivity index (χ4v) is 3.04. The van der Waals surface area contributed by atoms with Crippen molar-refractivity contribution in [1.29, 1.82) is 0 Å². The number of phenolic OH excluding ortho intramolecular Hbond substituents is 1. The molecule has 2 aromatic heterocycles. The number of aromatic hydroxyl groups is 1. The Balaban J connectivity index is 2.09. The third-order valence-corrected chi connectivity index (χ3v) is 4.35. The van der Waals surface area contributed by atoms with E-state index in [9.17, 15) is 14.7 Å². The summed E-state index contributed by atoms with van der Waals surface area (Å²) in [4.78, 5) is 36.5. The first-order chi connectivity index (χ1) is 14.0. The number of nitrogens with one attached hydrogen (secondary N) is 1. The van der Waals surface area contributed by atoms with Crippen LogP contribution < -0.4 is 10.4 Å². The Bertz CT molecular complexity index is 1290. The van der Waals surface area contributed by atoms with Crippen LogP contribution in [0.25, 0.3) is 28.2 Å². The molecule has 4 rings (SSSR count). The SMILES string of the molecule is COC(=O)c1nc(-c2cccc(O)c2)nc2c1[nH]c(=O)n2-c1ccccc1OC. The standard InChI is InChI=1S/C20H16N4O5/c1-28-14-9-4-3-8-13(14)24-18-15(22-20(24)27)16(19(26)29-2)21-17(23-18)11-6-5-7-12(25)10-11/h3-10,25H,1-2H3,(H,22,27). The number of esters is 1. The Morgan fingerprint density at radius 2 is 1.90 bits per heavy atom. The van der Waals surface area contributed by atoms with E-state index in [2.05, 4.69) is 15.0 Å². The van der Waals surface area contributed by atoms with Crippen molar-refractivity contribution in [2.24, 2.45) is 0 Å². The number of hydrogen-bond acceptors (Lipinski definition) is 7. The van der Waals surface area contributed by atoms with Gasteiger partial charge in [0.25, 0.3) is 0 Å². The van der Waals surface area contributed by atoms with Crippen LogP contribution in [0.2, 0.25) is 0 Å². The number of carbonyl (C=O) groups excluding carboxylic acids is 1. The molecule has 0 aliphatic carbocycles. The molecule has 9 nitrogen and oxygen atoms in total. The molecule has 0 spiro atoms. The number of ether oxygens (including phenoxy) is 2. The van der Waals surface area contributed by atoms with Crippen molar-refractivity contribution in [3.8, 4) is 28.6 Å². The minimum absolute atomic E-state index is 0.0157. The number of benzene rings is 2. The summed E-state index contributed by atoms with van der Waals surface area (Å²) >= 11 is 0. The Hall–Kier alpha value is -4.14. The molecule has 0 saturated carbocycles. The molecule has 2 heterocycles. The Morgan fingerprint density at radius 1 is 1.10 bits per heavy atom. The summed E-state index contributed by atoms with van der Waals surface area (Å²) in [6.07, 6.45) is 0. The van der Waals surface area contributed by atoms with E-state index in [0.717, 1.165) is 0 Å². The van der Waals surface area contributed by atoms with Gasteiger partial charge in [-0.05, 0) is 24.3 Å². The molecule has 0 fully saturated rings. The van der Waals surface area contributed by atoms with Gasteiger partial charge in [-0.15, -0.1) is 0 Å². The molecule has 9 heteroatoms. The summed E-state index contributed by atoms with van der Waals surface area (Å²) in [6, 6.07) is 13.2. The summed E-state index contributed by atoms with van der Waals surface area (Å²) in [5.74, 6) is -0.113. The van der Waals surface area contributed by atoms with Crippen molar-refractivity contribution in [3.05, 3.63) is 64.7 Å². The molecule has 0 unspecified atom stereocenters. The van der Waals surface area contributed by atoms with Gasteiger partial charge in [-0.1, -0.05) is 24.3 Å². The van der Waals surface area contributed by atoms with Crippen LogP contribution in [0.1, 0.15) is 10.5 Å². The topological polar surface area (TPSA) is 119 Å². The van der Waals surface area contributed by atoms with Crippen LogP contribution in [-0.2, 0) is 4.74 Å². The van der Waals surface area contributed by atoms with E-state index in [1.165, 1.54) is 30.9 Å². The predicted octanol–water partition coefficient (Wildman–Crippen LogP) is 2.28. The Morgan fingerprint density at radius 3 is 2.62 bits per heavy atom. The Kier molecular flexibility index (Phi) is 4.47. The van der Waals surface area contributed by atoms with Crippen LogP contribution in [0, 0.1) is 0 Å². The molecule has 0 aliphatic rings. The quantitative estimate of drug-likeness (QED) is 0.511. The zero-order chi connectivity index (χ0) is 20.5. The number of fused-ring (bicyclic) bond motifs is 1. The number of rotatable bonds is 4. The molecule has 146 valence electrons. The van der Waals surface area contributed by atoms with Gasteiger partial charge >= 0.3 is 11.7 Å². The highest BCUT2D eigenvalue weighted by molar-refractivity contribution is 6.00. The number of aromatic nitrogens is 4. The minimum Gasteiger partial charge on any atom is -0.508 e. The third-order valence-electron chi connectivity index (χ3n) is 4.35. The molecule has 0 amide bonds. The van der Waals surface area contributed by atoms with Crippen LogP contribution in [0.4, 0.5) is 0 Å². The minimum atomic E-state index is -0.729. The van der Waals surface area contributed by atoms with E-state index in [4.69, 9.17) is 9.47 Å². The van der Waals surface area contributed by atoms with Crippen molar-refractivity contribution in [3.63, 3.8) is 0 Å². The number of H-pyrrole nitrogens is 1. The molecule has 0 radical (unpaired) electrons. The van der Waals surface area contributed by atoms with Gasteiger partial charge in [-0.3, -0.25) is 0 Å². The van der Waals surface area contributed by atoms with E-state index < -0.39 is 11.7 Å². The molecule has 29 heavy (non-hydrogen) atoms. The smallest absolute Gasteiger partial charge is 0.359 e. The maximum atomic E-state index is 12.8. The third kappa shape index (κ3) is 3.08. The maximum absolute atomic E-state index is 12.8. The molecule has 4 aromatic rings. The van der Waals surface area contributed by atoms with Gasteiger partial charge in [-0.25, -0.2) is 24.1 Å². The number of carbonyl (C=O) groups is 1. The van der Waals surface area contributed by atoms with Crippen LogP contribution in [0.3, 0.4) is 0 Å². The highest BCUT2D eigenvalue weighted by Gasteiger charge is 2.23. The monoisotopic (exact) mass is 392 g/mol. The van der Waals surface area contributed by atoms with Crippen molar-refractivity contribution < 1.29 is 19.4 Å². The molecule has 2 N–H and O–H groups in total. The normalized spacial score (nSPS) is 10.8. The zero-order valence-corrected chi connectivity index (χ0v) is 15.5. The van der Waals surface area contributed by atoms with E-state index in [1.807, 2.05) is 0 Å². The molecule has 2 aromatic carbocycles. The van der Waals surface area contributed by atoms with E-state index in [1.54, 1.807) is 36.4 Å². The summed E-state index contributed by atoms with van der Waals surface area (Å²) in [5.41, 5.74) is 0.614. The highest BCUT2D eigenvalue weighted by Crippen LogP contribution is 2.27. The molecular weight excluding hydrogens is 376 g/mol. The molecular formula is C20H16N4O5. The average Bonchev–Trinajstić information content (AvgIpc) is 3.07. The van der Waals surface area contributed by atoms with Gasteiger partial charge < -0.3 is 19.6 Å². The van der Waals surface area contributed by atoms with E-state index in [-0.39, 0.29) is 28.4 Å². The Labute approximate surface area is 164 Å². The highest BCUT2D eigenvalue weighted by atomic mass is 16.5. The van der Waals surface area contributed by atoms with Gasteiger partial charge in [0.15, 0.2) is 17.2 Å². The molecule has 0 saturated heterocycles. The second-order valence-corrected chi connectivity index (χ2v) is 6.07. The zero-order valence-electron chi connectivity index (χ0n) is 15.5. The van der Waals surface area contributed by atoms with Crippen molar-refractivity contribution in [1.82, 2.24) is 19.5 Å². The van der Waals surface area contributed by atoms with Crippen LogP contribution >= 0.6 is 0 Å². The van der Waals surface area contributed by atoms with Crippen molar-refractivity contribution in [2.45, 2.75) is 0 Å². The lowest BCUT2D eigenvalue weighted by Gasteiger charge is -2.10. The lowest BCUT2D eigenvalue weighted by atomic mass is 10.2. The fourth-order valence-electron chi connectivity index (χ4n) is 3.04. The second kappa shape index (κ2) is 7.12. The number of aromatic amines is 1. The first-order valence-corrected chi connectivity index (χ1v) is 8.57. The summed E-state index contributed by atoms with van der Waals surface area (Å²) in [6.45, 7) is 0. The van der Waals surface area contributed by atoms with E-state index in [0.29, 0.717) is 17.0 Å². The van der Waals surface area contributed by atoms with Crippen LogP contribution in [0.5, 0.6) is 11.5 Å². The molecule has 0 aliphatic heterocycles. The van der Waals surface area contributed by atoms with Crippen molar-refractivity contribution in [2.75, 3.05) is 14.2 Å². The maximum Gasteiger partial charge on any atom is 0.359 e. The predicted molar refractivity (Wildman–Crippen MR) is 104 cm³/mol. The van der Waals surface area contributed by atoms with Crippen LogP contribution in [-0.4, -0.2) is 44.8 Å².